The van der Waals surface area contributed by atoms with E-state index in [9.17, 15) is 0 Å². The highest BCUT2D eigenvalue weighted by molar-refractivity contribution is 5.10. The summed E-state index contributed by atoms with van der Waals surface area (Å²) < 4.78 is 1.99. The highest BCUT2D eigenvalue weighted by Gasteiger charge is 2.01. The first-order valence-corrected chi connectivity index (χ1v) is 6.39. The molecule has 4 heteroatoms. The van der Waals surface area contributed by atoms with Gasteiger partial charge in [-0.15, -0.1) is 0 Å². The summed E-state index contributed by atoms with van der Waals surface area (Å²) in [4.78, 5) is 4.01. The molecule has 2 heterocycles. The van der Waals surface area contributed by atoms with Crippen molar-refractivity contribution in [2.24, 2.45) is 0 Å². The van der Waals surface area contributed by atoms with Gasteiger partial charge in [-0.25, -0.2) is 0 Å². The number of hydrogen-bond acceptors (Lipinski definition) is 3. The van der Waals surface area contributed by atoms with E-state index in [1.54, 1.807) is 0 Å². The van der Waals surface area contributed by atoms with Crippen molar-refractivity contribution >= 4 is 0 Å². The molecule has 18 heavy (non-hydrogen) atoms. The van der Waals surface area contributed by atoms with E-state index < -0.39 is 0 Å². The summed E-state index contributed by atoms with van der Waals surface area (Å²) in [5.74, 6) is 0. The maximum atomic E-state index is 4.50. The van der Waals surface area contributed by atoms with Crippen molar-refractivity contribution in [2.45, 2.75) is 32.9 Å². The second-order valence-electron chi connectivity index (χ2n) is 4.66. The molecule has 0 atom stereocenters. The Morgan fingerprint density at radius 2 is 2.00 bits per heavy atom. The lowest BCUT2D eigenvalue weighted by Crippen LogP contribution is -2.17. The highest BCUT2D eigenvalue weighted by atomic mass is 15.3. The predicted octanol–water partition coefficient (Wildman–Crippen LogP) is 2.19. The van der Waals surface area contributed by atoms with E-state index in [1.807, 2.05) is 23.3 Å². The summed E-state index contributed by atoms with van der Waals surface area (Å²) in [5.41, 5.74) is 2.41. The van der Waals surface area contributed by atoms with Crippen LogP contribution < -0.4 is 5.32 Å². The van der Waals surface area contributed by atoms with Gasteiger partial charge in [0.2, 0.25) is 0 Å². The number of nitrogens with zero attached hydrogens (tertiary/aromatic N) is 3. The van der Waals surface area contributed by atoms with Crippen molar-refractivity contribution in [3.05, 3.63) is 48.0 Å². The first kappa shape index (κ1) is 12.8. The van der Waals surface area contributed by atoms with Crippen LogP contribution >= 0.6 is 0 Å². The van der Waals surface area contributed by atoms with Gasteiger partial charge < -0.3 is 5.32 Å². The van der Waals surface area contributed by atoms with Gasteiger partial charge in [-0.05, 0) is 50.6 Å². The highest BCUT2D eigenvalue weighted by Crippen LogP contribution is 2.04. The molecule has 0 saturated carbocycles. The first-order valence-electron chi connectivity index (χ1n) is 6.39. The molecule has 0 saturated heterocycles. The average Bonchev–Trinajstić information content (AvgIpc) is 2.85. The molecule has 96 valence electrons. The fourth-order valence-electron chi connectivity index (χ4n) is 1.76. The van der Waals surface area contributed by atoms with Crippen LogP contribution in [-0.4, -0.2) is 21.3 Å². The van der Waals surface area contributed by atoms with Crippen LogP contribution in [0, 0.1) is 0 Å². The second-order valence-corrected chi connectivity index (χ2v) is 4.66. The van der Waals surface area contributed by atoms with Gasteiger partial charge in [0.1, 0.15) is 0 Å². The van der Waals surface area contributed by atoms with Crippen molar-refractivity contribution < 1.29 is 0 Å². The van der Waals surface area contributed by atoms with Crippen LogP contribution in [-0.2, 0) is 13.0 Å². The van der Waals surface area contributed by atoms with Crippen LogP contribution in [0.4, 0.5) is 0 Å². The van der Waals surface area contributed by atoms with Crippen LogP contribution in [0.5, 0.6) is 0 Å². The van der Waals surface area contributed by atoms with Crippen molar-refractivity contribution in [1.82, 2.24) is 20.1 Å². The molecule has 0 aromatic carbocycles. The van der Waals surface area contributed by atoms with E-state index in [1.165, 1.54) is 5.56 Å². The van der Waals surface area contributed by atoms with Crippen molar-refractivity contribution in [2.75, 3.05) is 6.54 Å². The Labute approximate surface area is 108 Å². The van der Waals surface area contributed by atoms with Gasteiger partial charge in [0.25, 0.3) is 0 Å². The number of nitrogens with one attached hydrogen (secondary N) is 1. The molecule has 2 aromatic heterocycles. The first-order chi connectivity index (χ1) is 8.75. The second kappa shape index (κ2) is 6.31. The summed E-state index contributed by atoms with van der Waals surface area (Å²) in [6.45, 7) is 6.05. The smallest absolute Gasteiger partial charge is 0.0762 e. The standard InChI is InChI=1S/C14H20N4/c1-12(2)18-10-6-14(17-18)11-16-9-5-13-3-7-15-8-4-13/h3-4,6-8,10,12,16H,5,9,11H2,1-2H3. The van der Waals surface area contributed by atoms with Gasteiger partial charge in [0.05, 0.1) is 5.69 Å². The lowest BCUT2D eigenvalue weighted by Gasteiger charge is -2.05. The maximum Gasteiger partial charge on any atom is 0.0762 e. The third kappa shape index (κ3) is 3.67. The predicted molar refractivity (Wildman–Crippen MR) is 72.3 cm³/mol. The Morgan fingerprint density at radius 3 is 2.67 bits per heavy atom. The van der Waals surface area contributed by atoms with Crippen molar-refractivity contribution in [1.29, 1.82) is 0 Å². The largest absolute Gasteiger partial charge is 0.311 e. The summed E-state index contributed by atoms with van der Waals surface area (Å²) in [7, 11) is 0. The van der Waals surface area contributed by atoms with Gasteiger partial charge in [0, 0.05) is 31.2 Å². The number of rotatable bonds is 6. The summed E-state index contributed by atoms with van der Waals surface area (Å²) in [5, 5.41) is 7.90. The fourth-order valence-corrected chi connectivity index (χ4v) is 1.76. The molecule has 1 N–H and O–H groups in total. The Balaban J connectivity index is 1.72. The molecule has 0 aliphatic rings. The summed E-state index contributed by atoms with van der Waals surface area (Å²) in [6, 6.07) is 6.60. The van der Waals surface area contributed by atoms with Crippen LogP contribution in [0.1, 0.15) is 31.1 Å². The molecule has 0 fully saturated rings. The molecule has 0 aliphatic carbocycles. The molecule has 0 aliphatic heterocycles. The molecule has 0 radical (unpaired) electrons. The third-order valence-electron chi connectivity index (χ3n) is 2.84. The van der Waals surface area contributed by atoms with E-state index in [4.69, 9.17) is 0 Å². The molecular weight excluding hydrogens is 224 g/mol. The van der Waals surface area contributed by atoms with E-state index in [0.717, 1.165) is 25.2 Å². The molecule has 2 rings (SSSR count). The fraction of sp³-hybridized carbons (Fsp3) is 0.429. The van der Waals surface area contributed by atoms with Crippen LogP contribution in [0.2, 0.25) is 0 Å². The van der Waals surface area contributed by atoms with Gasteiger partial charge in [0.15, 0.2) is 0 Å². The normalized spacial score (nSPS) is 11.1. The lowest BCUT2D eigenvalue weighted by molar-refractivity contribution is 0.521. The minimum absolute atomic E-state index is 0.426. The molecule has 0 spiro atoms. The summed E-state index contributed by atoms with van der Waals surface area (Å²) >= 11 is 0. The van der Waals surface area contributed by atoms with Crippen LogP contribution in [0.25, 0.3) is 0 Å². The minimum atomic E-state index is 0.426. The molecular formula is C14H20N4. The van der Waals surface area contributed by atoms with Crippen LogP contribution in [0.3, 0.4) is 0 Å². The Hall–Kier alpha value is -1.68. The maximum absolute atomic E-state index is 4.50. The van der Waals surface area contributed by atoms with Crippen molar-refractivity contribution in [3.8, 4) is 0 Å². The lowest BCUT2D eigenvalue weighted by atomic mass is 10.2. The monoisotopic (exact) mass is 244 g/mol. The zero-order valence-corrected chi connectivity index (χ0v) is 11.0. The molecule has 0 bridgehead atoms. The third-order valence-corrected chi connectivity index (χ3v) is 2.84. The average molecular weight is 244 g/mol. The van der Waals surface area contributed by atoms with E-state index in [0.29, 0.717) is 6.04 Å². The summed E-state index contributed by atoms with van der Waals surface area (Å²) in [6.07, 6.45) is 6.72. The van der Waals surface area contributed by atoms with E-state index in [-0.39, 0.29) is 0 Å². The van der Waals surface area contributed by atoms with Gasteiger partial charge in [-0.3, -0.25) is 9.67 Å². The number of hydrogen-bond donors (Lipinski definition) is 1. The van der Waals surface area contributed by atoms with Gasteiger partial charge >= 0.3 is 0 Å². The zero-order valence-electron chi connectivity index (χ0n) is 11.0. The SMILES string of the molecule is CC(C)n1ccc(CNCCc2ccncc2)n1. The van der Waals surface area contributed by atoms with Crippen molar-refractivity contribution in [3.63, 3.8) is 0 Å². The molecule has 4 nitrogen and oxygen atoms in total. The molecule has 2 aromatic rings. The zero-order chi connectivity index (χ0) is 12.8. The molecule has 0 unspecified atom stereocenters. The Kier molecular flexibility index (Phi) is 4.47. The van der Waals surface area contributed by atoms with Gasteiger partial charge in [-0.1, -0.05) is 0 Å². The minimum Gasteiger partial charge on any atom is -0.311 e. The quantitative estimate of drug-likeness (QED) is 0.792. The van der Waals surface area contributed by atoms with E-state index >= 15 is 0 Å². The van der Waals surface area contributed by atoms with E-state index in [2.05, 4.69) is 47.4 Å². The van der Waals surface area contributed by atoms with Gasteiger partial charge in [-0.2, -0.15) is 5.10 Å². The Morgan fingerprint density at radius 1 is 1.22 bits per heavy atom. The number of aromatic nitrogens is 3. The number of pyridine rings is 1. The topological polar surface area (TPSA) is 42.7 Å². The molecule has 0 amide bonds. The van der Waals surface area contributed by atoms with Crippen LogP contribution in [0.15, 0.2) is 36.8 Å². The Bertz CT molecular complexity index is 462.